The maximum Gasteiger partial charge on any atom is 0.459 e. The zero-order chi connectivity index (χ0) is 27.4. The summed E-state index contributed by atoms with van der Waals surface area (Å²) in [6.45, 7) is 3.98. The summed E-state index contributed by atoms with van der Waals surface area (Å²) in [5, 5.41) is 23.6. The first-order valence-electron chi connectivity index (χ1n) is 11.2. The Balaban J connectivity index is 1.84. The van der Waals surface area contributed by atoms with Gasteiger partial charge in [-0.05, 0) is 51.1 Å². The maximum atomic E-state index is 13.6. The van der Waals surface area contributed by atoms with E-state index in [1.54, 1.807) is 6.92 Å². The minimum Gasteiger partial charge on any atom is -0.465 e. The van der Waals surface area contributed by atoms with Crippen LogP contribution in [0.5, 0.6) is 5.75 Å². The number of carbonyl (C=O) groups is 1. The number of anilines is 1. The number of aromatic nitrogens is 2. The zero-order valence-electron chi connectivity index (χ0n) is 20.2. The predicted molar refractivity (Wildman–Crippen MR) is 131 cm³/mol. The number of halogens is 1. The average molecular weight is 556 g/mol. The number of nitrogens with two attached hydrogens (primary N) is 1. The van der Waals surface area contributed by atoms with Crippen molar-refractivity contribution in [2.24, 2.45) is 5.41 Å². The molecule has 0 radical (unpaired) electrons. The molecule has 2 heterocycles. The molecule has 6 atom stereocenters. The fourth-order valence-corrected chi connectivity index (χ4v) is 5.21. The molecule has 37 heavy (non-hydrogen) atoms. The number of carbonyl (C=O) groups excluding carboxylic acids is 1. The van der Waals surface area contributed by atoms with E-state index in [2.05, 4.69) is 10.1 Å². The molecule has 0 bridgehead atoms. The molecule has 0 saturated carbocycles. The molecule has 200 valence electrons. The second-order valence-electron chi connectivity index (χ2n) is 8.35. The summed E-state index contributed by atoms with van der Waals surface area (Å²) in [6.07, 6.45) is -2.66. The van der Waals surface area contributed by atoms with Crippen LogP contribution in [0.2, 0.25) is 5.02 Å². The topological polar surface area (TPSA) is 188 Å². The summed E-state index contributed by atoms with van der Waals surface area (Å²) in [5.74, 6) is -0.612. The van der Waals surface area contributed by atoms with E-state index in [-0.39, 0.29) is 18.2 Å². The highest BCUT2D eigenvalue weighted by molar-refractivity contribution is 7.52. The standard InChI is InChI=1S/C22H27ClN5O8P/c1-4-33-19(30)13(2)27-37(32,36-15-7-5-14(23)6-8-15)34-11-16-18(29)22(3,12-24)20(35-16)28-10-9-17(25)26-21(28)31/h5-10,13,16,18,20,29H,4,11H2,1-3H3,(H,27,32)(H2,25,26,31)/t13-,16+,18+,20+,22+,37?/m0/s1. The molecule has 0 amide bonds. The Bertz CT molecular complexity index is 1270. The normalized spacial score (nSPS) is 25.6. The minimum atomic E-state index is -4.29. The number of nitrogens with one attached hydrogen (secondary N) is 1. The summed E-state index contributed by atoms with van der Waals surface area (Å²) in [7, 11) is -4.29. The first kappa shape index (κ1) is 28.6. The second kappa shape index (κ2) is 11.6. The van der Waals surface area contributed by atoms with E-state index < -0.39 is 55.9 Å². The SMILES string of the molecule is CCOC(=O)[C@H](C)NP(=O)(OC[C@H]1O[C@@H](n2ccc(N)nc2=O)[C@](C)(C#N)[C@@H]1O)Oc1ccc(Cl)cc1. The van der Waals surface area contributed by atoms with Crippen molar-refractivity contribution in [1.82, 2.24) is 14.6 Å². The highest BCUT2D eigenvalue weighted by Crippen LogP contribution is 2.49. The summed E-state index contributed by atoms with van der Waals surface area (Å²) in [6, 6.07) is 8.11. The Hall–Kier alpha value is -2.98. The number of nitrogen functional groups attached to an aromatic ring is 1. The Morgan fingerprint density at radius 3 is 2.70 bits per heavy atom. The molecule has 2 aromatic rings. The van der Waals surface area contributed by atoms with E-state index in [0.29, 0.717) is 5.02 Å². The number of nitriles is 1. The average Bonchev–Trinajstić information content (AvgIpc) is 3.10. The van der Waals surface area contributed by atoms with Gasteiger partial charge < -0.3 is 24.8 Å². The van der Waals surface area contributed by atoms with Gasteiger partial charge in [-0.1, -0.05) is 11.6 Å². The largest absolute Gasteiger partial charge is 0.465 e. The molecule has 1 unspecified atom stereocenters. The van der Waals surface area contributed by atoms with Gasteiger partial charge in [0.2, 0.25) is 0 Å². The van der Waals surface area contributed by atoms with Crippen molar-refractivity contribution in [3.05, 3.63) is 52.0 Å². The Morgan fingerprint density at radius 1 is 1.43 bits per heavy atom. The van der Waals surface area contributed by atoms with Crippen molar-refractivity contribution in [3.8, 4) is 11.8 Å². The first-order valence-corrected chi connectivity index (χ1v) is 13.1. The lowest BCUT2D eigenvalue weighted by Crippen LogP contribution is -2.40. The lowest BCUT2D eigenvalue weighted by Gasteiger charge is -2.26. The van der Waals surface area contributed by atoms with Gasteiger partial charge in [-0.25, -0.2) is 9.36 Å². The minimum absolute atomic E-state index is 0.0274. The fraction of sp³-hybridized carbons (Fsp3) is 0.455. The van der Waals surface area contributed by atoms with Crippen molar-refractivity contribution in [2.45, 2.75) is 45.2 Å². The van der Waals surface area contributed by atoms with Crippen LogP contribution in [0, 0.1) is 16.7 Å². The fourth-order valence-electron chi connectivity index (χ4n) is 3.58. The van der Waals surface area contributed by atoms with Crippen LogP contribution < -0.4 is 21.0 Å². The molecule has 1 aliphatic rings. The molecule has 0 aliphatic carbocycles. The Kier molecular flexibility index (Phi) is 8.96. The lowest BCUT2D eigenvalue weighted by molar-refractivity contribution is -0.144. The lowest BCUT2D eigenvalue weighted by atomic mass is 9.84. The van der Waals surface area contributed by atoms with E-state index in [1.165, 1.54) is 50.4 Å². The maximum absolute atomic E-state index is 13.6. The van der Waals surface area contributed by atoms with Crippen LogP contribution in [-0.2, 0) is 23.4 Å². The van der Waals surface area contributed by atoms with Crippen molar-refractivity contribution in [2.75, 3.05) is 18.9 Å². The molecule has 13 nitrogen and oxygen atoms in total. The van der Waals surface area contributed by atoms with Crippen LogP contribution in [0.1, 0.15) is 27.0 Å². The Morgan fingerprint density at radius 2 is 2.11 bits per heavy atom. The van der Waals surface area contributed by atoms with Crippen LogP contribution in [-0.4, -0.2) is 52.1 Å². The summed E-state index contributed by atoms with van der Waals surface area (Å²) in [4.78, 5) is 28.1. The quantitative estimate of drug-likeness (QED) is 0.286. The van der Waals surface area contributed by atoms with Gasteiger partial charge in [0.1, 0.15) is 35.2 Å². The van der Waals surface area contributed by atoms with Crippen LogP contribution in [0.4, 0.5) is 5.82 Å². The highest BCUT2D eigenvalue weighted by atomic mass is 35.5. The molecule has 3 rings (SSSR count). The van der Waals surface area contributed by atoms with E-state index >= 15 is 0 Å². The summed E-state index contributed by atoms with van der Waals surface area (Å²) >= 11 is 5.89. The third kappa shape index (κ3) is 6.48. The molecular formula is C22H27ClN5O8P. The summed E-state index contributed by atoms with van der Waals surface area (Å²) < 4.78 is 36.5. The zero-order valence-corrected chi connectivity index (χ0v) is 21.9. The molecule has 1 saturated heterocycles. The highest BCUT2D eigenvalue weighted by Gasteiger charge is 2.55. The first-order chi connectivity index (χ1) is 17.4. The molecule has 1 aliphatic heterocycles. The number of hydrogen-bond acceptors (Lipinski definition) is 11. The number of benzene rings is 1. The molecule has 15 heteroatoms. The van der Waals surface area contributed by atoms with Gasteiger partial charge in [-0.3, -0.25) is 13.9 Å². The van der Waals surface area contributed by atoms with E-state index in [1.807, 2.05) is 6.07 Å². The van der Waals surface area contributed by atoms with Gasteiger partial charge in [0, 0.05) is 11.2 Å². The number of esters is 1. The van der Waals surface area contributed by atoms with Crippen LogP contribution in [0.3, 0.4) is 0 Å². The van der Waals surface area contributed by atoms with E-state index in [0.717, 1.165) is 4.57 Å². The molecule has 0 spiro atoms. The third-order valence-corrected chi connectivity index (χ3v) is 7.46. The molecule has 4 N–H and O–H groups in total. The molecular weight excluding hydrogens is 529 g/mol. The van der Waals surface area contributed by atoms with Gasteiger partial charge in [0.05, 0.1) is 19.3 Å². The molecule has 1 aromatic heterocycles. The van der Waals surface area contributed by atoms with Crippen molar-refractivity contribution in [3.63, 3.8) is 0 Å². The van der Waals surface area contributed by atoms with Gasteiger partial charge in [-0.2, -0.15) is 15.3 Å². The third-order valence-electron chi connectivity index (χ3n) is 5.57. The number of ether oxygens (including phenoxy) is 2. The smallest absolute Gasteiger partial charge is 0.459 e. The van der Waals surface area contributed by atoms with Crippen LogP contribution in [0.15, 0.2) is 41.3 Å². The van der Waals surface area contributed by atoms with Crippen LogP contribution in [0.25, 0.3) is 0 Å². The number of aliphatic hydroxyl groups is 1. The number of hydrogen-bond donors (Lipinski definition) is 3. The van der Waals surface area contributed by atoms with Gasteiger partial charge in [0.25, 0.3) is 0 Å². The second-order valence-corrected chi connectivity index (χ2v) is 10.5. The van der Waals surface area contributed by atoms with Gasteiger partial charge in [-0.15, -0.1) is 0 Å². The molecule has 1 aromatic carbocycles. The number of rotatable bonds is 10. The number of aliphatic hydroxyl groups excluding tert-OH is 1. The van der Waals surface area contributed by atoms with Gasteiger partial charge in [0.15, 0.2) is 6.23 Å². The summed E-state index contributed by atoms with van der Waals surface area (Å²) in [5.41, 5.74) is 3.14. The van der Waals surface area contributed by atoms with Gasteiger partial charge >= 0.3 is 19.4 Å². The predicted octanol–water partition coefficient (Wildman–Crippen LogP) is 2.01. The van der Waals surface area contributed by atoms with Crippen molar-refractivity contribution < 1.29 is 33.0 Å². The van der Waals surface area contributed by atoms with E-state index in [4.69, 9.17) is 35.9 Å². The van der Waals surface area contributed by atoms with E-state index in [9.17, 15) is 24.5 Å². The van der Waals surface area contributed by atoms with Crippen molar-refractivity contribution >= 4 is 31.1 Å². The Labute approximate surface area is 217 Å². The van der Waals surface area contributed by atoms with Crippen LogP contribution >= 0.6 is 19.3 Å². The monoisotopic (exact) mass is 555 g/mol. The molecule has 1 fully saturated rings. The van der Waals surface area contributed by atoms with Crippen molar-refractivity contribution in [1.29, 1.82) is 5.26 Å². The number of nitrogens with zero attached hydrogens (tertiary/aromatic N) is 3.